The molecule has 0 aliphatic rings. The van der Waals surface area contributed by atoms with Gasteiger partial charge in [-0.3, -0.25) is 0 Å². The molecule has 1 aromatic carbocycles. The third-order valence-electron chi connectivity index (χ3n) is 3.33. The first-order valence-electron chi connectivity index (χ1n) is 6.15. The van der Waals surface area contributed by atoms with Crippen molar-refractivity contribution in [1.82, 2.24) is 14.5 Å². The van der Waals surface area contributed by atoms with Crippen LogP contribution in [-0.4, -0.2) is 25.6 Å². The molecule has 0 atom stereocenters. The molecule has 102 valence electrons. The Labute approximate surface area is 119 Å². The van der Waals surface area contributed by atoms with Crippen molar-refractivity contribution in [2.24, 2.45) is 0 Å². The normalized spacial score (nSPS) is 11.1. The van der Waals surface area contributed by atoms with Crippen molar-refractivity contribution in [1.29, 1.82) is 0 Å². The first kappa shape index (κ1) is 12.8. The van der Waals surface area contributed by atoms with Gasteiger partial charge in [0.1, 0.15) is 5.82 Å². The van der Waals surface area contributed by atoms with E-state index in [0.29, 0.717) is 6.54 Å². The Morgan fingerprint density at radius 2 is 2.20 bits per heavy atom. The Kier molecular flexibility index (Phi) is 3.02. The summed E-state index contributed by atoms with van der Waals surface area (Å²) in [5.74, 6) is -0.0541. The van der Waals surface area contributed by atoms with Crippen LogP contribution in [0.3, 0.4) is 0 Å². The van der Waals surface area contributed by atoms with Crippen LogP contribution in [0.2, 0.25) is 0 Å². The number of hydrogen-bond acceptors (Lipinski definition) is 4. The third kappa shape index (κ3) is 2.08. The summed E-state index contributed by atoms with van der Waals surface area (Å²) in [6.07, 6.45) is 0. The molecule has 0 bridgehead atoms. The first-order chi connectivity index (χ1) is 9.56. The minimum Gasteiger partial charge on any atom is -0.478 e. The number of thiazole rings is 1. The number of carboxylic acids is 1. The van der Waals surface area contributed by atoms with Crippen molar-refractivity contribution >= 4 is 28.3 Å². The molecule has 2 aromatic heterocycles. The van der Waals surface area contributed by atoms with E-state index in [1.807, 2.05) is 23.9 Å². The topological polar surface area (TPSA) is 68.0 Å². The maximum Gasteiger partial charge on any atom is 0.335 e. The van der Waals surface area contributed by atoms with E-state index in [-0.39, 0.29) is 5.56 Å². The largest absolute Gasteiger partial charge is 0.478 e. The SMILES string of the molecule is Cc1ncsc1Cn1c(C)nc2ccc(C(=O)O)cc21. The number of nitrogens with zero attached hydrogens (tertiary/aromatic N) is 3. The van der Waals surface area contributed by atoms with Crippen molar-refractivity contribution in [3.8, 4) is 0 Å². The molecular weight excluding hydrogens is 274 g/mol. The van der Waals surface area contributed by atoms with Gasteiger partial charge in [0.05, 0.1) is 34.3 Å². The zero-order valence-electron chi connectivity index (χ0n) is 11.1. The summed E-state index contributed by atoms with van der Waals surface area (Å²) in [4.78, 5) is 21.0. The summed E-state index contributed by atoms with van der Waals surface area (Å²) < 4.78 is 2.03. The number of benzene rings is 1. The molecule has 0 fully saturated rings. The second-order valence-electron chi connectivity index (χ2n) is 4.61. The van der Waals surface area contributed by atoms with Crippen LogP contribution in [0.4, 0.5) is 0 Å². The van der Waals surface area contributed by atoms with E-state index >= 15 is 0 Å². The molecular formula is C14H13N3O2S. The van der Waals surface area contributed by atoms with Gasteiger partial charge in [0.15, 0.2) is 0 Å². The second kappa shape index (κ2) is 4.72. The predicted octanol–water partition coefficient (Wildman–Crippen LogP) is 2.86. The zero-order chi connectivity index (χ0) is 14.3. The highest BCUT2D eigenvalue weighted by Gasteiger charge is 2.12. The lowest BCUT2D eigenvalue weighted by atomic mass is 10.2. The number of aromatic carboxylic acids is 1. The van der Waals surface area contributed by atoms with Gasteiger partial charge < -0.3 is 9.67 Å². The maximum atomic E-state index is 11.1. The van der Waals surface area contributed by atoms with Crippen LogP contribution < -0.4 is 0 Å². The highest BCUT2D eigenvalue weighted by molar-refractivity contribution is 7.09. The van der Waals surface area contributed by atoms with Gasteiger partial charge in [-0.25, -0.2) is 14.8 Å². The summed E-state index contributed by atoms with van der Waals surface area (Å²) in [5.41, 5.74) is 4.76. The van der Waals surface area contributed by atoms with Crippen molar-refractivity contribution in [2.75, 3.05) is 0 Å². The summed E-state index contributed by atoms with van der Waals surface area (Å²) >= 11 is 1.60. The van der Waals surface area contributed by atoms with Crippen LogP contribution >= 0.6 is 11.3 Å². The molecule has 0 radical (unpaired) electrons. The van der Waals surface area contributed by atoms with Crippen LogP contribution in [0.1, 0.15) is 26.8 Å². The molecule has 5 nitrogen and oxygen atoms in total. The number of rotatable bonds is 3. The van der Waals surface area contributed by atoms with Crippen LogP contribution in [-0.2, 0) is 6.54 Å². The number of hydrogen-bond donors (Lipinski definition) is 1. The van der Waals surface area contributed by atoms with Gasteiger partial charge in [-0.05, 0) is 32.0 Å². The molecule has 0 unspecified atom stereocenters. The molecule has 0 saturated heterocycles. The lowest BCUT2D eigenvalue weighted by Crippen LogP contribution is -2.03. The number of carbonyl (C=O) groups is 1. The Morgan fingerprint density at radius 1 is 1.40 bits per heavy atom. The fraction of sp³-hybridized carbons (Fsp3) is 0.214. The van der Waals surface area contributed by atoms with E-state index in [9.17, 15) is 4.79 Å². The van der Waals surface area contributed by atoms with E-state index in [1.54, 1.807) is 29.5 Å². The minimum atomic E-state index is -0.925. The van der Waals surface area contributed by atoms with E-state index in [0.717, 1.165) is 27.4 Å². The van der Waals surface area contributed by atoms with Gasteiger partial charge in [-0.2, -0.15) is 0 Å². The molecule has 0 aliphatic heterocycles. The van der Waals surface area contributed by atoms with E-state index in [1.165, 1.54) is 0 Å². The second-order valence-corrected chi connectivity index (χ2v) is 5.55. The fourth-order valence-corrected chi connectivity index (χ4v) is 2.96. The predicted molar refractivity (Wildman–Crippen MR) is 77.4 cm³/mol. The molecule has 1 N–H and O–H groups in total. The number of carboxylic acid groups (broad SMARTS) is 1. The van der Waals surface area contributed by atoms with Crippen LogP contribution in [0.25, 0.3) is 11.0 Å². The number of aromatic nitrogens is 3. The molecule has 0 aliphatic carbocycles. The highest BCUT2D eigenvalue weighted by atomic mass is 32.1. The average Bonchev–Trinajstić information content (AvgIpc) is 2.94. The number of aryl methyl sites for hydroxylation is 2. The standard InChI is InChI=1S/C14H13N3O2S/c1-8-13(20-7-15-8)6-17-9(2)16-11-4-3-10(14(18)19)5-12(11)17/h3-5,7H,6H2,1-2H3,(H,18,19). The number of imidazole rings is 1. The quantitative estimate of drug-likeness (QED) is 0.804. The highest BCUT2D eigenvalue weighted by Crippen LogP contribution is 2.22. The van der Waals surface area contributed by atoms with Gasteiger partial charge >= 0.3 is 5.97 Å². The van der Waals surface area contributed by atoms with Gasteiger partial charge in [0.2, 0.25) is 0 Å². The van der Waals surface area contributed by atoms with Gasteiger partial charge in [-0.1, -0.05) is 0 Å². The molecule has 20 heavy (non-hydrogen) atoms. The summed E-state index contributed by atoms with van der Waals surface area (Å²) in [6.45, 7) is 4.57. The lowest BCUT2D eigenvalue weighted by molar-refractivity contribution is 0.0697. The van der Waals surface area contributed by atoms with Gasteiger partial charge in [-0.15, -0.1) is 11.3 Å². The monoisotopic (exact) mass is 287 g/mol. The van der Waals surface area contributed by atoms with Gasteiger partial charge in [0, 0.05) is 4.88 Å². The first-order valence-corrected chi connectivity index (χ1v) is 7.03. The zero-order valence-corrected chi connectivity index (χ0v) is 11.9. The Hall–Kier alpha value is -2.21. The Balaban J connectivity index is 2.13. The molecule has 3 aromatic rings. The summed E-state index contributed by atoms with van der Waals surface area (Å²) in [5, 5.41) is 9.11. The summed E-state index contributed by atoms with van der Waals surface area (Å²) in [6, 6.07) is 5.01. The molecule has 0 saturated carbocycles. The molecule has 2 heterocycles. The third-order valence-corrected chi connectivity index (χ3v) is 4.25. The van der Waals surface area contributed by atoms with E-state index in [2.05, 4.69) is 9.97 Å². The smallest absolute Gasteiger partial charge is 0.335 e. The minimum absolute atomic E-state index is 0.277. The van der Waals surface area contributed by atoms with Crippen molar-refractivity contribution < 1.29 is 9.90 Å². The molecule has 6 heteroatoms. The Bertz CT molecular complexity index is 804. The van der Waals surface area contributed by atoms with Crippen molar-refractivity contribution in [2.45, 2.75) is 20.4 Å². The number of fused-ring (bicyclic) bond motifs is 1. The fourth-order valence-electron chi connectivity index (χ4n) is 2.20. The average molecular weight is 287 g/mol. The summed E-state index contributed by atoms with van der Waals surface area (Å²) in [7, 11) is 0. The van der Waals surface area contributed by atoms with Crippen LogP contribution in [0, 0.1) is 13.8 Å². The molecule has 0 amide bonds. The van der Waals surface area contributed by atoms with Crippen LogP contribution in [0.15, 0.2) is 23.7 Å². The van der Waals surface area contributed by atoms with E-state index < -0.39 is 5.97 Å². The lowest BCUT2D eigenvalue weighted by Gasteiger charge is -2.06. The Morgan fingerprint density at radius 3 is 2.85 bits per heavy atom. The van der Waals surface area contributed by atoms with Crippen molar-refractivity contribution in [3.05, 3.63) is 45.7 Å². The van der Waals surface area contributed by atoms with Gasteiger partial charge in [0.25, 0.3) is 0 Å². The molecule has 0 spiro atoms. The van der Waals surface area contributed by atoms with Crippen LogP contribution in [0.5, 0.6) is 0 Å². The van der Waals surface area contributed by atoms with E-state index in [4.69, 9.17) is 5.11 Å². The van der Waals surface area contributed by atoms with Crippen molar-refractivity contribution in [3.63, 3.8) is 0 Å². The maximum absolute atomic E-state index is 11.1. The molecule has 3 rings (SSSR count).